The predicted octanol–water partition coefficient (Wildman–Crippen LogP) is 0.529. The number of rotatable bonds is 2. The second kappa shape index (κ2) is 3.38. The maximum Gasteiger partial charge on any atom is 0.316 e. The molecule has 4 heteroatoms. The lowest BCUT2D eigenvalue weighted by Gasteiger charge is -2.21. The number of carbonyl (C=O) groups excluding carboxylic acids is 1. The van der Waals surface area contributed by atoms with E-state index in [9.17, 15) is 14.7 Å². The summed E-state index contributed by atoms with van der Waals surface area (Å²) in [5, 5.41) is 11.8. The van der Waals surface area contributed by atoms with E-state index in [0.717, 1.165) is 0 Å². The molecule has 15 heavy (non-hydrogen) atoms. The third-order valence-electron chi connectivity index (χ3n) is 2.79. The molecule has 1 atom stereocenters. The number of amides is 1. The van der Waals surface area contributed by atoms with Crippen molar-refractivity contribution in [2.24, 2.45) is 0 Å². The summed E-state index contributed by atoms with van der Waals surface area (Å²) in [4.78, 5) is 22.4. The number of carboxylic acid groups (broad SMARTS) is 1. The molecule has 1 heterocycles. The van der Waals surface area contributed by atoms with E-state index in [1.165, 1.54) is 0 Å². The summed E-state index contributed by atoms with van der Waals surface area (Å²) in [7, 11) is 0. The van der Waals surface area contributed by atoms with Gasteiger partial charge in [0.1, 0.15) is 5.41 Å². The Balaban J connectivity index is 2.45. The Morgan fingerprint density at radius 3 is 2.47 bits per heavy atom. The SMILES string of the molecule is O=C1C[C@](C(=O)O)(c2ccccc2)CN1. The average Bonchev–Trinajstić information content (AvgIpc) is 2.63. The van der Waals surface area contributed by atoms with E-state index in [4.69, 9.17) is 0 Å². The van der Waals surface area contributed by atoms with Crippen molar-refractivity contribution in [3.63, 3.8) is 0 Å². The van der Waals surface area contributed by atoms with Gasteiger partial charge in [-0.15, -0.1) is 0 Å². The highest BCUT2D eigenvalue weighted by molar-refractivity contribution is 5.93. The first-order valence-corrected chi connectivity index (χ1v) is 4.71. The van der Waals surface area contributed by atoms with Crippen LogP contribution in [-0.2, 0) is 15.0 Å². The standard InChI is InChI=1S/C11H11NO3/c13-9-6-11(7-12-9,10(14)15)8-4-2-1-3-5-8/h1-5H,6-7H2,(H,12,13)(H,14,15)/t11-/m1/s1. The van der Waals surface area contributed by atoms with E-state index >= 15 is 0 Å². The molecule has 1 fully saturated rings. The van der Waals surface area contributed by atoms with E-state index in [0.29, 0.717) is 5.56 Å². The van der Waals surface area contributed by atoms with Crippen LogP contribution >= 0.6 is 0 Å². The molecule has 0 unspecified atom stereocenters. The van der Waals surface area contributed by atoms with Gasteiger partial charge < -0.3 is 10.4 Å². The number of hydrogen-bond acceptors (Lipinski definition) is 2. The Morgan fingerprint density at radius 2 is 2.00 bits per heavy atom. The summed E-state index contributed by atoms with van der Waals surface area (Å²) >= 11 is 0. The van der Waals surface area contributed by atoms with Crippen molar-refractivity contribution < 1.29 is 14.7 Å². The van der Waals surface area contributed by atoms with Crippen LogP contribution in [0.1, 0.15) is 12.0 Å². The van der Waals surface area contributed by atoms with E-state index in [2.05, 4.69) is 5.32 Å². The van der Waals surface area contributed by atoms with Crippen LogP contribution in [0.25, 0.3) is 0 Å². The molecule has 1 saturated heterocycles. The van der Waals surface area contributed by atoms with Gasteiger partial charge in [0.25, 0.3) is 0 Å². The van der Waals surface area contributed by atoms with Gasteiger partial charge in [-0.1, -0.05) is 30.3 Å². The first-order valence-electron chi connectivity index (χ1n) is 4.71. The molecule has 0 bridgehead atoms. The predicted molar refractivity (Wildman–Crippen MR) is 53.4 cm³/mol. The Morgan fingerprint density at radius 1 is 1.33 bits per heavy atom. The fraction of sp³-hybridized carbons (Fsp3) is 0.273. The summed E-state index contributed by atoms with van der Waals surface area (Å²) in [6.07, 6.45) is 0.0202. The second-order valence-corrected chi connectivity index (χ2v) is 3.71. The van der Waals surface area contributed by atoms with Gasteiger partial charge in [-0.3, -0.25) is 9.59 Å². The second-order valence-electron chi connectivity index (χ2n) is 3.71. The molecule has 0 radical (unpaired) electrons. The third-order valence-corrected chi connectivity index (χ3v) is 2.79. The zero-order valence-corrected chi connectivity index (χ0v) is 8.06. The summed E-state index contributed by atoms with van der Waals surface area (Å²) in [5.74, 6) is -1.16. The number of carboxylic acids is 1. The van der Waals surface area contributed by atoms with E-state index < -0.39 is 11.4 Å². The normalized spacial score (nSPS) is 24.9. The van der Waals surface area contributed by atoms with E-state index in [1.807, 2.05) is 6.07 Å². The Hall–Kier alpha value is -1.84. The number of aliphatic carboxylic acids is 1. The zero-order valence-electron chi connectivity index (χ0n) is 8.06. The molecule has 0 saturated carbocycles. The molecule has 1 aromatic carbocycles. The lowest BCUT2D eigenvalue weighted by atomic mass is 9.80. The smallest absolute Gasteiger partial charge is 0.316 e. The fourth-order valence-electron chi connectivity index (χ4n) is 1.88. The largest absolute Gasteiger partial charge is 0.481 e. The van der Waals surface area contributed by atoms with Crippen LogP contribution in [0.15, 0.2) is 30.3 Å². The fourth-order valence-corrected chi connectivity index (χ4v) is 1.88. The van der Waals surface area contributed by atoms with Crippen molar-refractivity contribution in [1.29, 1.82) is 0 Å². The number of hydrogen-bond donors (Lipinski definition) is 2. The van der Waals surface area contributed by atoms with E-state index in [1.54, 1.807) is 24.3 Å². The maximum atomic E-state index is 11.3. The summed E-state index contributed by atoms with van der Waals surface area (Å²) in [5.41, 5.74) is -0.408. The van der Waals surface area contributed by atoms with Crippen molar-refractivity contribution >= 4 is 11.9 Å². The molecular formula is C11H11NO3. The van der Waals surface area contributed by atoms with Crippen molar-refractivity contribution in [1.82, 2.24) is 5.32 Å². The minimum atomic E-state index is -1.08. The van der Waals surface area contributed by atoms with Crippen LogP contribution in [0.4, 0.5) is 0 Å². The van der Waals surface area contributed by atoms with Crippen LogP contribution in [0.5, 0.6) is 0 Å². The number of carbonyl (C=O) groups is 2. The molecule has 78 valence electrons. The average molecular weight is 205 g/mol. The number of benzene rings is 1. The van der Waals surface area contributed by atoms with Gasteiger partial charge in [0.05, 0.1) is 0 Å². The Labute approximate surface area is 86.9 Å². The van der Waals surface area contributed by atoms with Crippen molar-refractivity contribution in [2.45, 2.75) is 11.8 Å². The molecule has 4 nitrogen and oxygen atoms in total. The van der Waals surface area contributed by atoms with Crippen LogP contribution in [-0.4, -0.2) is 23.5 Å². The molecule has 1 amide bonds. The van der Waals surface area contributed by atoms with Gasteiger partial charge in [-0.05, 0) is 5.56 Å². The first-order chi connectivity index (χ1) is 7.15. The zero-order chi connectivity index (χ0) is 10.9. The van der Waals surface area contributed by atoms with Crippen LogP contribution < -0.4 is 5.32 Å². The van der Waals surface area contributed by atoms with Crippen LogP contribution in [0.2, 0.25) is 0 Å². The highest BCUT2D eigenvalue weighted by atomic mass is 16.4. The molecule has 0 aromatic heterocycles. The van der Waals surface area contributed by atoms with Crippen molar-refractivity contribution in [2.75, 3.05) is 6.54 Å². The quantitative estimate of drug-likeness (QED) is 0.740. The lowest BCUT2D eigenvalue weighted by Crippen LogP contribution is -2.37. The summed E-state index contributed by atoms with van der Waals surface area (Å²) in [6, 6.07) is 8.87. The highest BCUT2D eigenvalue weighted by Crippen LogP contribution is 2.31. The molecule has 1 aromatic rings. The molecule has 0 spiro atoms. The maximum absolute atomic E-state index is 11.3. The summed E-state index contributed by atoms with van der Waals surface area (Å²) < 4.78 is 0. The first kappa shape index (κ1) is 9.71. The van der Waals surface area contributed by atoms with Gasteiger partial charge >= 0.3 is 5.97 Å². The third kappa shape index (κ3) is 1.48. The van der Waals surface area contributed by atoms with Crippen molar-refractivity contribution in [3.05, 3.63) is 35.9 Å². The van der Waals surface area contributed by atoms with Crippen LogP contribution in [0, 0.1) is 0 Å². The monoisotopic (exact) mass is 205 g/mol. The van der Waals surface area contributed by atoms with Gasteiger partial charge in [0, 0.05) is 13.0 Å². The molecule has 1 aliphatic heterocycles. The minimum absolute atomic E-state index is 0.0202. The molecule has 1 aliphatic rings. The van der Waals surface area contributed by atoms with Gasteiger partial charge in [-0.2, -0.15) is 0 Å². The highest BCUT2D eigenvalue weighted by Gasteiger charge is 2.46. The number of nitrogens with one attached hydrogen (secondary N) is 1. The minimum Gasteiger partial charge on any atom is -0.481 e. The molecular weight excluding hydrogens is 194 g/mol. The van der Waals surface area contributed by atoms with Gasteiger partial charge in [0.15, 0.2) is 0 Å². The van der Waals surface area contributed by atoms with Gasteiger partial charge in [0.2, 0.25) is 5.91 Å². The Bertz CT molecular complexity index is 402. The van der Waals surface area contributed by atoms with Crippen LogP contribution in [0.3, 0.4) is 0 Å². The van der Waals surface area contributed by atoms with E-state index in [-0.39, 0.29) is 18.9 Å². The topological polar surface area (TPSA) is 66.4 Å². The molecule has 2 rings (SSSR count). The van der Waals surface area contributed by atoms with Gasteiger partial charge in [-0.25, -0.2) is 0 Å². The lowest BCUT2D eigenvalue weighted by molar-refractivity contribution is -0.143. The molecule has 2 N–H and O–H groups in total. The van der Waals surface area contributed by atoms with Crippen molar-refractivity contribution in [3.8, 4) is 0 Å². The molecule has 0 aliphatic carbocycles. The Kier molecular flexibility index (Phi) is 2.19. The summed E-state index contributed by atoms with van der Waals surface area (Å²) in [6.45, 7) is 0.172.